The van der Waals surface area contributed by atoms with E-state index in [0.717, 1.165) is 24.3 Å². The minimum atomic E-state index is -4.76. The SMILES string of the molecule is NS(=O)(=O)c1cccc(NC(=O)COC(=O)c2ccccc2C(F)(F)F)c1. The lowest BCUT2D eigenvalue weighted by molar-refractivity contribution is -0.138. The van der Waals surface area contributed by atoms with Gasteiger partial charge in [-0.15, -0.1) is 0 Å². The molecule has 0 spiro atoms. The Morgan fingerprint density at radius 2 is 1.74 bits per heavy atom. The second kappa shape index (κ2) is 7.76. The Labute approximate surface area is 152 Å². The summed E-state index contributed by atoms with van der Waals surface area (Å²) in [6.07, 6.45) is -4.76. The highest BCUT2D eigenvalue weighted by Gasteiger charge is 2.35. The van der Waals surface area contributed by atoms with Crippen LogP contribution in [-0.4, -0.2) is 26.9 Å². The molecule has 0 bridgehead atoms. The highest BCUT2D eigenvalue weighted by Crippen LogP contribution is 2.32. The molecule has 2 aromatic rings. The molecule has 0 atom stereocenters. The average Bonchev–Trinajstić information content (AvgIpc) is 2.58. The number of hydrogen-bond donors (Lipinski definition) is 2. The van der Waals surface area contributed by atoms with Crippen molar-refractivity contribution in [3.8, 4) is 0 Å². The lowest BCUT2D eigenvalue weighted by Gasteiger charge is -2.12. The summed E-state index contributed by atoms with van der Waals surface area (Å²) in [7, 11) is -3.98. The fraction of sp³-hybridized carbons (Fsp3) is 0.125. The summed E-state index contributed by atoms with van der Waals surface area (Å²) in [5.74, 6) is -2.20. The van der Waals surface area contributed by atoms with Crippen molar-refractivity contribution in [2.24, 2.45) is 5.14 Å². The van der Waals surface area contributed by atoms with E-state index in [1.165, 1.54) is 24.3 Å². The highest BCUT2D eigenvalue weighted by atomic mass is 32.2. The van der Waals surface area contributed by atoms with Crippen molar-refractivity contribution in [1.82, 2.24) is 0 Å². The molecule has 7 nitrogen and oxygen atoms in total. The summed E-state index contributed by atoms with van der Waals surface area (Å²) in [5.41, 5.74) is -1.86. The van der Waals surface area contributed by atoms with E-state index in [0.29, 0.717) is 0 Å². The number of primary sulfonamides is 1. The summed E-state index contributed by atoms with van der Waals surface area (Å²) in [6, 6.07) is 8.95. The number of sulfonamides is 1. The van der Waals surface area contributed by atoms with Gasteiger partial charge in [-0.05, 0) is 30.3 Å². The fourth-order valence-electron chi connectivity index (χ4n) is 2.07. The molecular formula is C16H13F3N2O5S. The molecule has 1 amide bonds. The molecule has 0 radical (unpaired) electrons. The van der Waals surface area contributed by atoms with Crippen LogP contribution in [0.1, 0.15) is 15.9 Å². The number of anilines is 1. The number of hydrogen-bond acceptors (Lipinski definition) is 5. The van der Waals surface area contributed by atoms with Crippen LogP contribution in [0, 0.1) is 0 Å². The van der Waals surface area contributed by atoms with E-state index >= 15 is 0 Å². The van der Waals surface area contributed by atoms with Crippen LogP contribution in [0.4, 0.5) is 18.9 Å². The number of esters is 1. The van der Waals surface area contributed by atoms with Crippen LogP contribution in [0.15, 0.2) is 53.4 Å². The Balaban J connectivity index is 2.04. The third kappa shape index (κ3) is 5.53. The molecule has 27 heavy (non-hydrogen) atoms. The van der Waals surface area contributed by atoms with Crippen molar-refractivity contribution in [1.29, 1.82) is 0 Å². The Hall–Kier alpha value is -2.92. The van der Waals surface area contributed by atoms with E-state index in [2.05, 4.69) is 10.1 Å². The first-order chi connectivity index (χ1) is 12.5. The molecule has 0 saturated heterocycles. The fourth-order valence-corrected chi connectivity index (χ4v) is 2.62. The molecule has 144 valence electrons. The zero-order valence-corrected chi connectivity index (χ0v) is 14.3. The summed E-state index contributed by atoms with van der Waals surface area (Å²) in [5, 5.41) is 7.21. The van der Waals surface area contributed by atoms with Crippen LogP contribution >= 0.6 is 0 Å². The van der Waals surface area contributed by atoms with Crippen molar-refractivity contribution < 1.29 is 35.9 Å². The molecule has 0 unspecified atom stereocenters. The van der Waals surface area contributed by atoms with Crippen molar-refractivity contribution in [2.45, 2.75) is 11.1 Å². The summed E-state index contributed by atoms with van der Waals surface area (Å²) < 4.78 is 65.8. The molecular weight excluding hydrogens is 389 g/mol. The van der Waals surface area contributed by atoms with Crippen molar-refractivity contribution in [3.63, 3.8) is 0 Å². The highest BCUT2D eigenvalue weighted by molar-refractivity contribution is 7.89. The zero-order chi connectivity index (χ0) is 20.2. The summed E-state index contributed by atoms with van der Waals surface area (Å²) >= 11 is 0. The van der Waals surface area contributed by atoms with Crippen LogP contribution in [0.5, 0.6) is 0 Å². The van der Waals surface area contributed by atoms with Crippen molar-refractivity contribution >= 4 is 27.6 Å². The van der Waals surface area contributed by atoms with Gasteiger partial charge in [-0.1, -0.05) is 18.2 Å². The first-order valence-electron chi connectivity index (χ1n) is 7.24. The molecule has 0 heterocycles. The largest absolute Gasteiger partial charge is 0.452 e. The van der Waals surface area contributed by atoms with Gasteiger partial charge in [0.2, 0.25) is 10.0 Å². The van der Waals surface area contributed by atoms with E-state index in [-0.39, 0.29) is 10.6 Å². The molecule has 2 rings (SSSR count). The third-order valence-corrected chi connectivity index (χ3v) is 4.14. The van der Waals surface area contributed by atoms with Crippen LogP contribution in [-0.2, 0) is 25.7 Å². The number of benzene rings is 2. The molecule has 2 aromatic carbocycles. The standard InChI is InChI=1S/C16H13F3N2O5S/c17-16(18,19)13-7-2-1-6-12(13)15(23)26-9-14(22)21-10-4-3-5-11(8-10)27(20,24)25/h1-8H,9H2,(H,21,22)(H2,20,24,25). The number of amides is 1. The third-order valence-electron chi connectivity index (χ3n) is 3.23. The molecule has 0 fully saturated rings. The van der Waals surface area contributed by atoms with Gasteiger partial charge in [-0.2, -0.15) is 13.2 Å². The number of alkyl halides is 3. The first-order valence-corrected chi connectivity index (χ1v) is 8.79. The summed E-state index contributed by atoms with van der Waals surface area (Å²) in [6.45, 7) is -0.870. The van der Waals surface area contributed by atoms with Gasteiger partial charge in [0.05, 0.1) is 16.0 Å². The maximum atomic E-state index is 12.9. The van der Waals surface area contributed by atoms with Gasteiger partial charge in [-0.25, -0.2) is 18.4 Å². The predicted molar refractivity (Wildman–Crippen MR) is 88.2 cm³/mol. The second-order valence-corrected chi connectivity index (χ2v) is 6.80. The van der Waals surface area contributed by atoms with E-state index in [4.69, 9.17) is 5.14 Å². The minimum Gasteiger partial charge on any atom is -0.452 e. The van der Waals surface area contributed by atoms with Gasteiger partial charge in [0.1, 0.15) is 0 Å². The minimum absolute atomic E-state index is 0.0539. The quantitative estimate of drug-likeness (QED) is 0.744. The Bertz CT molecular complexity index is 974. The molecule has 0 aliphatic rings. The molecule has 0 aliphatic carbocycles. The van der Waals surface area contributed by atoms with Gasteiger partial charge in [-0.3, -0.25) is 4.79 Å². The lowest BCUT2D eigenvalue weighted by atomic mass is 10.1. The number of nitrogens with one attached hydrogen (secondary N) is 1. The number of ether oxygens (including phenoxy) is 1. The lowest BCUT2D eigenvalue weighted by Crippen LogP contribution is -2.22. The van der Waals surface area contributed by atoms with E-state index in [1.807, 2.05) is 0 Å². The number of carbonyl (C=O) groups excluding carboxylic acids is 2. The maximum absolute atomic E-state index is 12.9. The van der Waals surface area contributed by atoms with Gasteiger partial charge >= 0.3 is 12.1 Å². The van der Waals surface area contributed by atoms with Gasteiger partial charge in [0.15, 0.2) is 6.61 Å². The molecule has 0 aromatic heterocycles. The number of nitrogens with two attached hydrogens (primary N) is 1. The maximum Gasteiger partial charge on any atom is 0.417 e. The topological polar surface area (TPSA) is 116 Å². The predicted octanol–water partition coefficient (Wildman–Crippen LogP) is 2.15. The Kier molecular flexibility index (Phi) is 5.86. The Morgan fingerprint density at radius 3 is 2.37 bits per heavy atom. The molecule has 11 heteroatoms. The number of rotatable bonds is 5. The van der Waals surface area contributed by atoms with Gasteiger partial charge < -0.3 is 10.1 Å². The van der Waals surface area contributed by atoms with E-state index in [1.54, 1.807) is 0 Å². The van der Waals surface area contributed by atoms with Crippen molar-refractivity contribution in [2.75, 3.05) is 11.9 Å². The number of halogens is 3. The van der Waals surface area contributed by atoms with E-state index < -0.39 is 45.8 Å². The summed E-state index contributed by atoms with van der Waals surface area (Å²) in [4.78, 5) is 23.4. The average molecular weight is 402 g/mol. The monoisotopic (exact) mass is 402 g/mol. The van der Waals surface area contributed by atoms with Crippen LogP contribution in [0.25, 0.3) is 0 Å². The smallest absolute Gasteiger partial charge is 0.417 e. The van der Waals surface area contributed by atoms with E-state index in [9.17, 15) is 31.2 Å². The first kappa shape index (κ1) is 20.4. The van der Waals surface area contributed by atoms with Crippen LogP contribution < -0.4 is 10.5 Å². The van der Waals surface area contributed by atoms with Crippen molar-refractivity contribution in [3.05, 3.63) is 59.7 Å². The number of carbonyl (C=O) groups is 2. The van der Waals surface area contributed by atoms with Crippen LogP contribution in [0.3, 0.4) is 0 Å². The van der Waals surface area contributed by atoms with Gasteiger partial charge in [0, 0.05) is 5.69 Å². The second-order valence-electron chi connectivity index (χ2n) is 5.24. The normalized spacial score (nSPS) is 11.7. The van der Waals surface area contributed by atoms with Gasteiger partial charge in [0.25, 0.3) is 5.91 Å². The molecule has 0 saturated carbocycles. The van der Waals surface area contributed by atoms with Crippen LogP contribution in [0.2, 0.25) is 0 Å². The molecule has 3 N–H and O–H groups in total. The molecule has 0 aliphatic heterocycles. The zero-order valence-electron chi connectivity index (χ0n) is 13.5. The Morgan fingerprint density at radius 1 is 1.07 bits per heavy atom.